The quantitative estimate of drug-likeness (QED) is 0.856. The summed E-state index contributed by atoms with van der Waals surface area (Å²) in [5.74, 6) is 0.535. The van der Waals surface area contributed by atoms with Crippen LogP contribution in [-0.2, 0) is 11.3 Å². The number of carboxylic acid groups (broad SMARTS) is 1. The fourth-order valence-corrected chi connectivity index (χ4v) is 3.56. The molecule has 0 saturated carbocycles. The van der Waals surface area contributed by atoms with Crippen molar-refractivity contribution in [1.82, 2.24) is 9.80 Å². The lowest BCUT2D eigenvalue weighted by molar-refractivity contribution is -0.138. The number of likely N-dealkylation sites (tertiary alicyclic amines) is 1. The number of benzene rings is 1. The summed E-state index contributed by atoms with van der Waals surface area (Å²) in [5, 5.41) is 8.91. The highest BCUT2D eigenvalue weighted by atomic mass is 19.1. The van der Waals surface area contributed by atoms with Crippen LogP contribution >= 0.6 is 0 Å². The number of rotatable bonds is 6. The first-order valence-electron chi connectivity index (χ1n) is 8.92. The third-order valence-electron chi connectivity index (χ3n) is 5.14. The maximum absolute atomic E-state index is 13.7. The van der Waals surface area contributed by atoms with Crippen LogP contribution in [0.2, 0.25) is 0 Å². The minimum atomic E-state index is -0.786. The first kappa shape index (κ1) is 18.6. The number of aliphatic carboxylic acids is 1. The Hall–Kier alpha value is -2.18. The van der Waals surface area contributed by atoms with Gasteiger partial charge in [0, 0.05) is 24.7 Å². The molecule has 1 aliphatic heterocycles. The van der Waals surface area contributed by atoms with Crippen LogP contribution in [0.1, 0.15) is 24.2 Å². The van der Waals surface area contributed by atoms with Gasteiger partial charge in [0.25, 0.3) is 0 Å². The van der Waals surface area contributed by atoms with Gasteiger partial charge in [0.2, 0.25) is 0 Å². The van der Waals surface area contributed by atoms with Gasteiger partial charge in [-0.05, 0) is 50.6 Å². The number of nitrogens with zero attached hydrogens (tertiary/aromatic N) is 2. The third-order valence-corrected chi connectivity index (χ3v) is 5.14. The topological polar surface area (TPSA) is 56.9 Å². The van der Waals surface area contributed by atoms with Crippen molar-refractivity contribution in [3.63, 3.8) is 0 Å². The standard InChI is InChI=1S/C20H25FN2O3/c1-14-17(4-3-5-18(14)21)19-7-6-16(26-19)12-23-10-8-15(9-11-23)22(2)13-20(24)25/h3-7,15H,8-13H2,1-2H3,(H,24,25). The molecule has 2 heterocycles. The van der Waals surface area contributed by atoms with Gasteiger partial charge in [-0.1, -0.05) is 12.1 Å². The van der Waals surface area contributed by atoms with Gasteiger partial charge in [0.1, 0.15) is 17.3 Å². The first-order valence-corrected chi connectivity index (χ1v) is 8.92. The number of furan rings is 1. The van der Waals surface area contributed by atoms with Crippen molar-refractivity contribution < 1.29 is 18.7 Å². The van der Waals surface area contributed by atoms with E-state index in [0.717, 1.165) is 37.3 Å². The van der Waals surface area contributed by atoms with E-state index in [-0.39, 0.29) is 12.4 Å². The molecule has 3 rings (SSSR count). The number of halogens is 1. The average Bonchev–Trinajstić information content (AvgIpc) is 3.05. The zero-order valence-corrected chi connectivity index (χ0v) is 15.2. The minimum absolute atomic E-state index is 0.0825. The van der Waals surface area contributed by atoms with E-state index in [1.807, 2.05) is 30.1 Å². The molecular weight excluding hydrogens is 335 g/mol. The second-order valence-corrected chi connectivity index (χ2v) is 6.99. The summed E-state index contributed by atoms with van der Waals surface area (Å²) in [4.78, 5) is 15.1. The molecule has 0 bridgehead atoms. The molecule has 140 valence electrons. The van der Waals surface area contributed by atoms with Gasteiger partial charge in [0.15, 0.2) is 0 Å². The fourth-order valence-electron chi connectivity index (χ4n) is 3.56. The third kappa shape index (κ3) is 4.31. The van der Waals surface area contributed by atoms with Gasteiger partial charge >= 0.3 is 5.97 Å². The predicted octanol–water partition coefficient (Wildman–Crippen LogP) is 3.37. The molecule has 1 aliphatic rings. The van der Waals surface area contributed by atoms with Crippen LogP contribution in [0.5, 0.6) is 0 Å². The maximum Gasteiger partial charge on any atom is 0.317 e. The predicted molar refractivity (Wildman–Crippen MR) is 97.4 cm³/mol. The first-order chi connectivity index (χ1) is 12.4. The Kier molecular flexibility index (Phi) is 5.74. The number of piperidine rings is 1. The summed E-state index contributed by atoms with van der Waals surface area (Å²) < 4.78 is 19.7. The van der Waals surface area contributed by atoms with E-state index in [1.54, 1.807) is 13.0 Å². The SMILES string of the molecule is Cc1c(F)cccc1-c1ccc(CN2CCC(N(C)CC(=O)O)CC2)o1. The van der Waals surface area contributed by atoms with Gasteiger partial charge in [-0.2, -0.15) is 0 Å². The number of hydrogen-bond acceptors (Lipinski definition) is 4. The van der Waals surface area contributed by atoms with Crippen molar-refractivity contribution in [3.05, 3.63) is 47.5 Å². The van der Waals surface area contributed by atoms with Crippen molar-refractivity contribution in [2.75, 3.05) is 26.7 Å². The van der Waals surface area contributed by atoms with Crippen LogP contribution in [0.25, 0.3) is 11.3 Å². The van der Waals surface area contributed by atoms with Gasteiger partial charge in [-0.25, -0.2) is 4.39 Å². The van der Waals surface area contributed by atoms with Crippen molar-refractivity contribution in [2.45, 2.75) is 32.4 Å². The molecule has 6 heteroatoms. The van der Waals surface area contributed by atoms with Crippen LogP contribution in [0.15, 0.2) is 34.7 Å². The van der Waals surface area contributed by atoms with Crippen molar-refractivity contribution in [3.8, 4) is 11.3 Å². The second-order valence-electron chi connectivity index (χ2n) is 6.99. The minimum Gasteiger partial charge on any atom is -0.480 e. The molecular formula is C20H25FN2O3. The Morgan fingerprint density at radius 1 is 1.31 bits per heavy atom. The molecule has 0 atom stereocenters. The molecule has 0 radical (unpaired) electrons. The normalized spacial score (nSPS) is 16.3. The van der Waals surface area contributed by atoms with E-state index in [2.05, 4.69) is 4.90 Å². The zero-order valence-electron chi connectivity index (χ0n) is 15.2. The fraction of sp³-hybridized carbons (Fsp3) is 0.450. The Morgan fingerprint density at radius 3 is 2.73 bits per heavy atom. The lowest BCUT2D eigenvalue weighted by Gasteiger charge is -2.35. The van der Waals surface area contributed by atoms with E-state index in [1.165, 1.54) is 6.07 Å². The van der Waals surface area contributed by atoms with Crippen LogP contribution in [0.3, 0.4) is 0 Å². The molecule has 0 amide bonds. The Bertz CT molecular complexity index is 766. The van der Waals surface area contributed by atoms with Crippen LogP contribution in [0.4, 0.5) is 4.39 Å². The Labute approximate surface area is 153 Å². The van der Waals surface area contributed by atoms with Gasteiger partial charge in [-0.3, -0.25) is 14.6 Å². The van der Waals surface area contributed by atoms with E-state index in [0.29, 0.717) is 23.9 Å². The number of carbonyl (C=O) groups is 1. The summed E-state index contributed by atoms with van der Waals surface area (Å²) in [6, 6.07) is 9.16. The number of hydrogen-bond donors (Lipinski definition) is 1. The van der Waals surface area contributed by atoms with E-state index in [4.69, 9.17) is 9.52 Å². The molecule has 1 saturated heterocycles. The highest BCUT2D eigenvalue weighted by Gasteiger charge is 2.24. The smallest absolute Gasteiger partial charge is 0.317 e. The molecule has 26 heavy (non-hydrogen) atoms. The molecule has 0 aliphatic carbocycles. The second kappa shape index (κ2) is 8.01. The molecule has 1 aromatic carbocycles. The van der Waals surface area contributed by atoms with Crippen molar-refractivity contribution >= 4 is 5.97 Å². The van der Waals surface area contributed by atoms with E-state index in [9.17, 15) is 9.18 Å². The molecule has 0 unspecified atom stereocenters. The molecule has 5 nitrogen and oxygen atoms in total. The molecule has 1 N–H and O–H groups in total. The largest absolute Gasteiger partial charge is 0.480 e. The van der Waals surface area contributed by atoms with Crippen LogP contribution < -0.4 is 0 Å². The highest BCUT2D eigenvalue weighted by molar-refractivity contribution is 5.69. The lowest BCUT2D eigenvalue weighted by atomic mass is 10.0. The Balaban J connectivity index is 1.57. The van der Waals surface area contributed by atoms with Crippen LogP contribution in [-0.4, -0.2) is 53.6 Å². The summed E-state index contributed by atoms with van der Waals surface area (Å²) in [7, 11) is 1.87. The van der Waals surface area contributed by atoms with Gasteiger partial charge in [-0.15, -0.1) is 0 Å². The number of likely N-dealkylation sites (N-methyl/N-ethyl adjacent to an activating group) is 1. The van der Waals surface area contributed by atoms with Crippen molar-refractivity contribution in [2.24, 2.45) is 0 Å². The summed E-state index contributed by atoms with van der Waals surface area (Å²) in [6.07, 6.45) is 1.89. The summed E-state index contributed by atoms with van der Waals surface area (Å²) in [5.41, 5.74) is 1.38. The van der Waals surface area contributed by atoms with Crippen molar-refractivity contribution in [1.29, 1.82) is 0 Å². The van der Waals surface area contributed by atoms with E-state index >= 15 is 0 Å². The average molecular weight is 360 g/mol. The maximum atomic E-state index is 13.7. The summed E-state index contributed by atoms with van der Waals surface area (Å²) in [6.45, 7) is 4.36. The summed E-state index contributed by atoms with van der Waals surface area (Å²) >= 11 is 0. The monoisotopic (exact) mass is 360 g/mol. The van der Waals surface area contributed by atoms with Gasteiger partial charge < -0.3 is 9.52 Å². The van der Waals surface area contributed by atoms with Crippen LogP contribution in [0, 0.1) is 12.7 Å². The Morgan fingerprint density at radius 2 is 2.04 bits per heavy atom. The molecule has 1 aromatic heterocycles. The highest BCUT2D eigenvalue weighted by Crippen LogP contribution is 2.28. The van der Waals surface area contributed by atoms with E-state index < -0.39 is 5.97 Å². The lowest BCUT2D eigenvalue weighted by Crippen LogP contribution is -2.44. The van der Waals surface area contributed by atoms with Gasteiger partial charge in [0.05, 0.1) is 13.1 Å². The molecule has 1 fully saturated rings. The zero-order chi connectivity index (χ0) is 18.7. The molecule has 0 spiro atoms. The molecule has 2 aromatic rings. The number of carboxylic acids is 1.